The van der Waals surface area contributed by atoms with Crippen LogP contribution in [0.1, 0.15) is 72.4 Å². The second-order valence-corrected chi connectivity index (χ2v) is 8.61. The summed E-state index contributed by atoms with van der Waals surface area (Å²) in [6.45, 7) is 4.31. The minimum atomic E-state index is 0.0441. The quantitative estimate of drug-likeness (QED) is 0.523. The number of hydrogen-bond donors (Lipinski definition) is 2. The smallest absolute Gasteiger partial charge is 0.224 e. The average molecular weight is 402 g/mol. The van der Waals surface area contributed by atoms with Crippen LogP contribution in [0.25, 0.3) is 0 Å². The maximum atomic E-state index is 12.6. The summed E-state index contributed by atoms with van der Waals surface area (Å²) in [5.74, 6) is 0.709. The van der Waals surface area contributed by atoms with Crippen molar-refractivity contribution in [3.8, 4) is 0 Å². The van der Waals surface area contributed by atoms with Crippen LogP contribution < -0.4 is 5.32 Å². The Morgan fingerprint density at radius 3 is 2.70 bits per heavy atom. The molecule has 4 nitrogen and oxygen atoms in total. The first-order valence-electron chi connectivity index (χ1n) is 11.1. The van der Waals surface area contributed by atoms with Gasteiger partial charge in [-0.15, -0.1) is 0 Å². The van der Waals surface area contributed by atoms with Crippen LogP contribution in [0, 0.1) is 19.8 Å². The van der Waals surface area contributed by atoms with Crippen LogP contribution in [-0.4, -0.2) is 15.9 Å². The van der Waals surface area contributed by atoms with Crippen LogP contribution >= 0.6 is 0 Å². The monoisotopic (exact) mass is 401 g/mol. The highest BCUT2D eigenvalue weighted by molar-refractivity contribution is 5.91. The summed E-state index contributed by atoms with van der Waals surface area (Å²) in [5.41, 5.74) is 6.86. The van der Waals surface area contributed by atoms with Crippen molar-refractivity contribution in [2.75, 3.05) is 5.32 Å². The lowest BCUT2D eigenvalue weighted by Gasteiger charge is -2.22. The van der Waals surface area contributed by atoms with Gasteiger partial charge in [0.25, 0.3) is 0 Å². The number of aromatic amines is 1. The number of benzene rings is 2. The number of amides is 1. The van der Waals surface area contributed by atoms with Crippen LogP contribution in [0.3, 0.4) is 0 Å². The van der Waals surface area contributed by atoms with Crippen molar-refractivity contribution in [2.24, 2.45) is 5.92 Å². The molecule has 0 spiro atoms. The molecule has 4 heteroatoms. The van der Waals surface area contributed by atoms with E-state index in [1.807, 2.05) is 18.3 Å². The Hall–Kier alpha value is -2.88. The molecule has 4 rings (SSSR count). The van der Waals surface area contributed by atoms with Gasteiger partial charge in [0.05, 0.1) is 12.2 Å². The van der Waals surface area contributed by atoms with Crippen molar-refractivity contribution < 1.29 is 4.79 Å². The first kappa shape index (κ1) is 20.4. The molecule has 1 atom stereocenters. The van der Waals surface area contributed by atoms with E-state index in [1.54, 1.807) is 6.33 Å². The van der Waals surface area contributed by atoms with E-state index in [0.717, 1.165) is 16.9 Å². The molecule has 0 aliphatic heterocycles. The molecule has 2 aromatic carbocycles. The van der Waals surface area contributed by atoms with Crippen molar-refractivity contribution in [3.05, 3.63) is 82.9 Å². The molecule has 0 radical (unpaired) electrons. The van der Waals surface area contributed by atoms with Crippen molar-refractivity contribution in [1.82, 2.24) is 9.97 Å². The van der Waals surface area contributed by atoms with Crippen molar-refractivity contribution in [2.45, 2.75) is 58.3 Å². The third-order valence-corrected chi connectivity index (χ3v) is 6.49. The van der Waals surface area contributed by atoms with E-state index in [0.29, 0.717) is 12.3 Å². The van der Waals surface area contributed by atoms with Gasteiger partial charge in [-0.2, -0.15) is 0 Å². The molecule has 1 unspecified atom stereocenters. The van der Waals surface area contributed by atoms with Gasteiger partial charge < -0.3 is 10.3 Å². The first-order valence-corrected chi connectivity index (χ1v) is 11.1. The van der Waals surface area contributed by atoms with Crippen LogP contribution in [0.15, 0.2) is 55.0 Å². The second kappa shape index (κ2) is 9.29. The van der Waals surface area contributed by atoms with E-state index in [-0.39, 0.29) is 11.8 Å². The number of nitrogens with one attached hydrogen (secondary N) is 2. The Morgan fingerprint density at radius 2 is 1.93 bits per heavy atom. The molecular weight excluding hydrogens is 370 g/mol. The Labute approximate surface area is 179 Å². The zero-order valence-corrected chi connectivity index (χ0v) is 17.9. The number of hydrogen-bond acceptors (Lipinski definition) is 2. The summed E-state index contributed by atoms with van der Waals surface area (Å²) in [6, 6.07) is 14.7. The molecule has 1 aliphatic rings. The third kappa shape index (κ3) is 4.64. The van der Waals surface area contributed by atoms with Crippen LogP contribution in [-0.2, 0) is 4.79 Å². The fourth-order valence-electron chi connectivity index (χ4n) is 4.70. The molecule has 2 N–H and O–H groups in total. The highest BCUT2D eigenvalue weighted by atomic mass is 16.1. The van der Waals surface area contributed by atoms with Crippen molar-refractivity contribution >= 4 is 11.6 Å². The van der Waals surface area contributed by atoms with Gasteiger partial charge in [-0.25, -0.2) is 4.98 Å². The van der Waals surface area contributed by atoms with E-state index in [4.69, 9.17) is 0 Å². The molecule has 156 valence electrons. The van der Waals surface area contributed by atoms with Gasteiger partial charge >= 0.3 is 0 Å². The van der Waals surface area contributed by atoms with E-state index in [1.165, 1.54) is 48.8 Å². The maximum Gasteiger partial charge on any atom is 0.224 e. The summed E-state index contributed by atoms with van der Waals surface area (Å²) in [6.07, 6.45) is 10.4. The first-order chi connectivity index (χ1) is 14.6. The van der Waals surface area contributed by atoms with E-state index in [9.17, 15) is 4.79 Å². The molecule has 1 saturated carbocycles. The van der Waals surface area contributed by atoms with Crippen molar-refractivity contribution in [1.29, 1.82) is 0 Å². The lowest BCUT2D eigenvalue weighted by molar-refractivity contribution is -0.117. The molecule has 1 aromatic heterocycles. The van der Waals surface area contributed by atoms with Crippen molar-refractivity contribution in [3.63, 3.8) is 0 Å². The van der Waals surface area contributed by atoms with Gasteiger partial charge in [0.2, 0.25) is 5.91 Å². The lowest BCUT2D eigenvalue weighted by Crippen LogP contribution is -2.18. The maximum absolute atomic E-state index is 12.6. The standard InChI is InChI=1S/C26H31N3O/c1-18-8-6-13-23(19(18)2)26(24-16-27-17-28-24)21-11-7-12-22(15-21)29-25(30)14-20-9-4-3-5-10-20/h6-8,11-13,15-17,20,26H,3-5,9-10,14H2,1-2H3,(H,27,28)(H,29,30). The zero-order valence-electron chi connectivity index (χ0n) is 17.9. The topological polar surface area (TPSA) is 57.8 Å². The Kier molecular flexibility index (Phi) is 6.32. The second-order valence-electron chi connectivity index (χ2n) is 8.61. The molecule has 0 bridgehead atoms. The number of rotatable bonds is 6. The van der Waals surface area contributed by atoms with Crippen LogP contribution in [0.5, 0.6) is 0 Å². The molecule has 30 heavy (non-hydrogen) atoms. The van der Waals surface area contributed by atoms with Gasteiger partial charge in [0.15, 0.2) is 0 Å². The Balaban J connectivity index is 1.59. The third-order valence-electron chi connectivity index (χ3n) is 6.49. The lowest BCUT2D eigenvalue weighted by atomic mass is 9.85. The van der Waals surface area contributed by atoms with Crippen LogP contribution in [0.4, 0.5) is 5.69 Å². The fraction of sp³-hybridized carbons (Fsp3) is 0.385. The molecule has 1 fully saturated rings. The molecular formula is C26H31N3O. The van der Waals surface area contributed by atoms with E-state index >= 15 is 0 Å². The molecule has 3 aromatic rings. The Morgan fingerprint density at radius 1 is 1.13 bits per heavy atom. The Bertz CT molecular complexity index is 987. The molecule has 1 aliphatic carbocycles. The summed E-state index contributed by atoms with van der Waals surface area (Å²) >= 11 is 0. The van der Waals surface area contributed by atoms with Gasteiger partial charge in [0.1, 0.15) is 0 Å². The number of nitrogens with zero attached hydrogens (tertiary/aromatic N) is 1. The van der Waals surface area contributed by atoms with Gasteiger partial charge in [-0.05, 0) is 67.0 Å². The number of H-pyrrole nitrogens is 1. The predicted octanol–water partition coefficient (Wildman–Crippen LogP) is 6.12. The number of imidazole rings is 1. The molecule has 1 heterocycles. The molecule has 0 saturated heterocycles. The SMILES string of the molecule is Cc1cccc(C(c2cccc(NC(=O)CC3CCCCC3)c2)c2cnc[nH]2)c1C. The minimum absolute atomic E-state index is 0.0441. The molecule has 1 amide bonds. The van der Waals surface area contributed by atoms with E-state index < -0.39 is 0 Å². The summed E-state index contributed by atoms with van der Waals surface area (Å²) < 4.78 is 0. The fourth-order valence-corrected chi connectivity index (χ4v) is 4.70. The van der Waals surface area contributed by atoms with Crippen LogP contribution in [0.2, 0.25) is 0 Å². The van der Waals surface area contributed by atoms with Gasteiger partial charge in [-0.1, -0.05) is 49.6 Å². The largest absolute Gasteiger partial charge is 0.348 e. The summed E-state index contributed by atoms with van der Waals surface area (Å²) in [5, 5.41) is 3.14. The predicted molar refractivity (Wildman–Crippen MR) is 122 cm³/mol. The normalized spacial score (nSPS) is 15.7. The highest BCUT2D eigenvalue weighted by Crippen LogP contribution is 2.35. The highest BCUT2D eigenvalue weighted by Gasteiger charge is 2.22. The van der Waals surface area contributed by atoms with E-state index in [2.05, 4.69) is 59.5 Å². The number of aromatic nitrogens is 2. The number of anilines is 1. The van der Waals surface area contributed by atoms with Gasteiger partial charge in [0, 0.05) is 24.0 Å². The average Bonchev–Trinajstić information content (AvgIpc) is 3.27. The number of carbonyl (C=O) groups is 1. The number of aryl methyl sites for hydroxylation is 1. The summed E-state index contributed by atoms with van der Waals surface area (Å²) in [7, 11) is 0. The van der Waals surface area contributed by atoms with Gasteiger partial charge in [-0.3, -0.25) is 4.79 Å². The minimum Gasteiger partial charge on any atom is -0.348 e. The zero-order chi connectivity index (χ0) is 20.9. The number of carbonyl (C=O) groups excluding carboxylic acids is 1. The summed E-state index contributed by atoms with van der Waals surface area (Å²) in [4.78, 5) is 20.2.